The summed E-state index contributed by atoms with van der Waals surface area (Å²) in [6.45, 7) is 17.3. The van der Waals surface area contributed by atoms with Crippen molar-refractivity contribution in [3.63, 3.8) is 0 Å². The fourth-order valence-electron chi connectivity index (χ4n) is 11.1. The van der Waals surface area contributed by atoms with Gasteiger partial charge in [-0.15, -0.1) is 0 Å². The highest BCUT2D eigenvalue weighted by Crippen LogP contribution is 2.43. The Kier molecular flexibility index (Phi) is 15.2. The largest absolute Gasteiger partial charge is 0.481 e. The molecule has 65 heavy (non-hydrogen) atoms. The maximum absolute atomic E-state index is 13.1. The molecule has 2 aromatic heterocycles. The van der Waals surface area contributed by atoms with Crippen LogP contribution < -0.4 is 9.47 Å². The number of carboxylic acids is 1. The van der Waals surface area contributed by atoms with Crippen LogP contribution in [-0.2, 0) is 27.4 Å². The van der Waals surface area contributed by atoms with E-state index in [0.717, 1.165) is 138 Å². The van der Waals surface area contributed by atoms with Crippen LogP contribution in [0.25, 0.3) is 21.8 Å². The minimum atomic E-state index is -0.677. The lowest BCUT2D eigenvalue weighted by atomic mass is 9.68. The molecule has 0 atom stereocenters. The highest BCUT2D eigenvalue weighted by atomic mass is 16.5. The quantitative estimate of drug-likeness (QED) is 0.0846. The minimum Gasteiger partial charge on any atom is -0.481 e. The Hall–Kier alpha value is -4.42. The molecule has 352 valence electrons. The maximum atomic E-state index is 13.1. The number of benzene rings is 2. The summed E-state index contributed by atoms with van der Waals surface area (Å²) in [4.78, 5) is 47.8. The van der Waals surface area contributed by atoms with Crippen molar-refractivity contribution in [2.75, 3.05) is 32.8 Å². The number of esters is 1. The Morgan fingerprint density at radius 1 is 0.631 bits per heavy atom. The lowest BCUT2D eigenvalue weighted by Crippen LogP contribution is -2.36. The van der Waals surface area contributed by atoms with Crippen molar-refractivity contribution in [3.05, 3.63) is 59.9 Å². The first-order valence-electron chi connectivity index (χ1n) is 24.9. The van der Waals surface area contributed by atoms with Crippen LogP contribution in [0.1, 0.15) is 142 Å². The number of fused-ring (bicyclic) bond motifs is 2. The Labute approximate surface area is 386 Å². The second-order valence-corrected chi connectivity index (χ2v) is 21.7. The molecule has 12 nitrogen and oxygen atoms in total. The number of hydrogen-bond acceptors (Lipinski definition) is 11. The van der Waals surface area contributed by atoms with E-state index in [1.807, 2.05) is 18.5 Å². The number of hydrogen-bond donors (Lipinski definition) is 1. The molecule has 4 fully saturated rings. The highest BCUT2D eigenvalue weighted by Gasteiger charge is 2.35. The average molecular weight is 891 g/mol. The van der Waals surface area contributed by atoms with Crippen LogP contribution in [-0.4, -0.2) is 91.8 Å². The summed E-state index contributed by atoms with van der Waals surface area (Å²) in [7, 11) is 0. The summed E-state index contributed by atoms with van der Waals surface area (Å²) >= 11 is 0. The monoisotopic (exact) mass is 891 g/mol. The first-order chi connectivity index (χ1) is 31.2. The molecular formula is C53H74N6O6. The van der Waals surface area contributed by atoms with Gasteiger partial charge in [0.1, 0.15) is 12.2 Å². The molecule has 4 aliphatic rings. The van der Waals surface area contributed by atoms with Gasteiger partial charge in [-0.25, -0.2) is 9.97 Å². The van der Waals surface area contributed by atoms with Crippen molar-refractivity contribution >= 4 is 33.7 Å². The summed E-state index contributed by atoms with van der Waals surface area (Å²) in [6.07, 6.45) is 19.0. The van der Waals surface area contributed by atoms with Gasteiger partial charge in [-0.2, -0.15) is 9.97 Å². The molecule has 2 saturated carbocycles. The number of likely N-dealkylation sites (tertiary alicyclic amines) is 2. The zero-order valence-corrected chi connectivity index (χ0v) is 39.8. The number of carbonyl (C=O) groups excluding carboxylic acids is 1. The van der Waals surface area contributed by atoms with E-state index >= 15 is 0 Å². The summed E-state index contributed by atoms with van der Waals surface area (Å²) in [5.74, 6) is 0.429. The fraction of sp³-hybridized carbons (Fsp3) is 0.660. The van der Waals surface area contributed by atoms with Gasteiger partial charge in [-0.3, -0.25) is 19.4 Å². The van der Waals surface area contributed by atoms with E-state index < -0.39 is 5.97 Å². The van der Waals surface area contributed by atoms with Gasteiger partial charge in [-0.05, 0) is 181 Å². The molecule has 12 heteroatoms. The van der Waals surface area contributed by atoms with Crippen molar-refractivity contribution in [2.45, 2.75) is 156 Å². The summed E-state index contributed by atoms with van der Waals surface area (Å²) in [5.41, 5.74) is 4.78. The van der Waals surface area contributed by atoms with Crippen LogP contribution in [0.3, 0.4) is 0 Å². The molecule has 8 rings (SSSR count). The zero-order chi connectivity index (χ0) is 45.6. The number of rotatable bonds is 16. The van der Waals surface area contributed by atoms with Gasteiger partial charge in [-0.1, -0.05) is 46.8 Å². The van der Waals surface area contributed by atoms with Gasteiger partial charge in [0.2, 0.25) is 0 Å². The number of carboxylic acid groups (broad SMARTS) is 1. The molecule has 0 amide bonds. The number of carbonyl (C=O) groups is 2. The van der Waals surface area contributed by atoms with E-state index in [2.05, 4.69) is 84.7 Å². The van der Waals surface area contributed by atoms with E-state index in [1.54, 1.807) is 0 Å². The Balaban J connectivity index is 0.688. The molecule has 2 aromatic carbocycles. The molecule has 0 spiro atoms. The smallest absolute Gasteiger partial charge is 0.317 e. The van der Waals surface area contributed by atoms with Crippen LogP contribution in [0.15, 0.2) is 48.8 Å². The molecule has 2 aliphatic heterocycles. The lowest BCUT2D eigenvalue weighted by Gasteiger charge is -2.39. The Morgan fingerprint density at radius 3 is 1.58 bits per heavy atom. The number of aromatic nitrogens is 4. The van der Waals surface area contributed by atoms with E-state index in [4.69, 9.17) is 24.2 Å². The first kappa shape index (κ1) is 47.1. The molecule has 4 heterocycles. The molecular weight excluding hydrogens is 817 g/mol. The minimum absolute atomic E-state index is 0.0209. The van der Waals surface area contributed by atoms with Crippen molar-refractivity contribution in [2.24, 2.45) is 34.5 Å². The SMILES string of the molecule is CC(C)(C)C1CCC(Oc2ncc3cc(CN4CCC(C(=O)OCCCCC(C)(C)C5CCC(Oc6ncc7cc(CN8CCC(C(=O)O)CC8)ccc7n6)CC5)CC4)ccc3n2)CC1. The normalized spacial score (nSPS) is 23.4. The summed E-state index contributed by atoms with van der Waals surface area (Å²) in [5, 5.41) is 11.3. The number of nitrogens with zero attached hydrogens (tertiary/aromatic N) is 6. The molecule has 0 radical (unpaired) electrons. The lowest BCUT2D eigenvalue weighted by molar-refractivity contribution is -0.150. The number of unbranched alkanes of at least 4 members (excludes halogenated alkanes) is 1. The molecule has 4 aromatic rings. The topological polar surface area (TPSA) is 140 Å². The Morgan fingerprint density at radius 2 is 1.11 bits per heavy atom. The van der Waals surface area contributed by atoms with E-state index in [-0.39, 0.29) is 35.4 Å². The standard InChI is InChI=1S/C53H74N6O6/c1-52(2,3)42-10-14-44(15-11-42)64-50-54-32-41-31-37(9-19-46(41)56-50)35-59-27-22-39(23-28-59)49(62)63-29-7-6-24-53(4,5)43-12-16-45(17-13-43)65-51-55-33-40-30-36(8-18-47(40)57-51)34-58-25-20-38(21-26-58)48(60)61/h8-9,18-19,30-33,38-39,42-45H,6-7,10-17,20-29,34-35H2,1-5H3,(H,60,61). The van der Waals surface area contributed by atoms with Crippen molar-refractivity contribution in [1.29, 1.82) is 0 Å². The predicted molar refractivity (Wildman–Crippen MR) is 254 cm³/mol. The zero-order valence-electron chi connectivity index (χ0n) is 39.8. The van der Waals surface area contributed by atoms with Crippen molar-refractivity contribution < 1.29 is 28.9 Å². The van der Waals surface area contributed by atoms with Crippen LogP contribution in [0.2, 0.25) is 0 Å². The van der Waals surface area contributed by atoms with Crippen LogP contribution in [0, 0.1) is 34.5 Å². The molecule has 0 unspecified atom stereocenters. The summed E-state index contributed by atoms with van der Waals surface area (Å²) in [6, 6.07) is 13.7. The summed E-state index contributed by atoms with van der Waals surface area (Å²) < 4.78 is 18.4. The predicted octanol–water partition coefficient (Wildman–Crippen LogP) is 10.4. The number of ether oxygens (including phenoxy) is 3. The fourth-order valence-corrected chi connectivity index (χ4v) is 11.1. The molecule has 2 saturated heterocycles. The van der Waals surface area contributed by atoms with Gasteiger partial charge >= 0.3 is 24.0 Å². The van der Waals surface area contributed by atoms with Crippen LogP contribution >= 0.6 is 0 Å². The van der Waals surface area contributed by atoms with Crippen molar-refractivity contribution in [1.82, 2.24) is 29.7 Å². The molecule has 2 aliphatic carbocycles. The number of piperidine rings is 2. The third-order valence-corrected chi connectivity index (χ3v) is 15.6. The van der Waals surface area contributed by atoms with E-state index in [0.29, 0.717) is 42.8 Å². The first-order valence-corrected chi connectivity index (χ1v) is 24.9. The second kappa shape index (κ2) is 21.0. The average Bonchev–Trinajstić information content (AvgIpc) is 3.29. The van der Waals surface area contributed by atoms with Crippen molar-refractivity contribution in [3.8, 4) is 12.0 Å². The maximum Gasteiger partial charge on any atom is 0.317 e. The van der Waals surface area contributed by atoms with E-state index in [9.17, 15) is 14.7 Å². The Bertz CT molecular complexity index is 2210. The van der Waals surface area contributed by atoms with Crippen LogP contribution in [0.5, 0.6) is 12.0 Å². The van der Waals surface area contributed by atoms with Gasteiger partial charge in [0.25, 0.3) is 0 Å². The second-order valence-electron chi connectivity index (χ2n) is 21.7. The number of aliphatic carboxylic acids is 1. The van der Waals surface area contributed by atoms with Gasteiger partial charge in [0.05, 0.1) is 29.5 Å². The van der Waals surface area contributed by atoms with Crippen LogP contribution in [0.4, 0.5) is 0 Å². The third kappa shape index (κ3) is 12.7. The highest BCUT2D eigenvalue weighted by molar-refractivity contribution is 5.79. The molecule has 0 bridgehead atoms. The molecule has 1 N–H and O–H groups in total. The van der Waals surface area contributed by atoms with Gasteiger partial charge in [0, 0.05) is 36.3 Å². The third-order valence-electron chi connectivity index (χ3n) is 15.6. The van der Waals surface area contributed by atoms with Gasteiger partial charge in [0.15, 0.2) is 0 Å². The van der Waals surface area contributed by atoms with Gasteiger partial charge < -0.3 is 19.3 Å². The van der Waals surface area contributed by atoms with E-state index in [1.165, 1.54) is 24.0 Å².